The van der Waals surface area contributed by atoms with Crippen LogP contribution >= 0.6 is 22.6 Å². The highest BCUT2D eigenvalue weighted by Gasteiger charge is 2.30. The van der Waals surface area contributed by atoms with Crippen molar-refractivity contribution in [1.82, 2.24) is 5.32 Å². The van der Waals surface area contributed by atoms with Gasteiger partial charge in [-0.2, -0.15) is 0 Å². The van der Waals surface area contributed by atoms with E-state index >= 15 is 0 Å². The van der Waals surface area contributed by atoms with Gasteiger partial charge < -0.3 is 10.1 Å². The summed E-state index contributed by atoms with van der Waals surface area (Å²) in [5.74, 6) is -0.826. The summed E-state index contributed by atoms with van der Waals surface area (Å²) in [6.45, 7) is 1.98. The summed E-state index contributed by atoms with van der Waals surface area (Å²) in [5.41, 5.74) is 1.56. The lowest BCUT2D eigenvalue weighted by Gasteiger charge is -2.22. The van der Waals surface area contributed by atoms with Gasteiger partial charge in [0.2, 0.25) is 0 Å². The Hall–Kier alpha value is -1.21. The molecular formula is C14H14INO3. The molecule has 1 unspecified atom stereocenters. The van der Waals surface area contributed by atoms with Gasteiger partial charge in [-0.15, -0.1) is 0 Å². The minimum Gasteiger partial charge on any atom is -0.462 e. The van der Waals surface area contributed by atoms with Crippen LogP contribution in [0.5, 0.6) is 0 Å². The molecule has 0 radical (unpaired) electrons. The molecular weight excluding hydrogens is 357 g/mol. The number of rotatable bonds is 3. The van der Waals surface area contributed by atoms with Crippen molar-refractivity contribution in [3.8, 4) is 0 Å². The number of benzene rings is 1. The van der Waals surface area contributed by atoms with E-state index in [1.807, 2.05) is 12.1 Å². The van der Waals surface area contributed by atoms with Gasteiger partial charge in [-0.05, 0) is 66.4 Å². The van der Waals surface area contributed by atoms with Crippen LogP contribution in [-0.2, 0) is 9.53 Å². The van der Waals surface area contributed by atoms with Crippen LogP contribution in [-0.4, -0.2) is 25.4 Å². The van der Waals surface area contributed by atoms with Gasteiger partial charge in [0.15, 0.2) is 5.78 Å². The molecule has 0 saturated carbocycles. The Morgan fingerprint density at radius 3 is 2.84 bits per heavy atom. The number of fused-ring (bicyclic) bond motifs is 1. The first-order chi connectivity index (χ1) is 9.08. The highest BCUT2D eigenvalue weighted by molar-refractivity contribution is 14.1. The maximum atomic E-state index is 12.3. The van der Waals surface area contributed by atoms with Crippen LogP contribution in [0, 0.1) is 3.57 Å². The van der Waals surface area contributed by atoms with Crippen LogP contribution < -0.4 is 5.32 Å². The van der Waals surface area contributed by atoms with Crippen molar-refractivity contribution in [2.75, 3.05) is 13.7 Å². The molecule has 0 fully saturated rings. The lowest BCUT2D eigenvalue weighted by molar-refractivity contribution is -0.138. The third kappa shape index (κ3) is 2.71. The van der Waals surface area contributed by atoms with E-state index in [9.17, 15) is 9.59 Å². The number of ketones is 1. The molecule has 0 saturated heterocycles. The predicted octanol–water partition coefficient (Wildman–Crippen LogP) is 2.24. The molecule has 0 heterocycles. The van der Waals surface area contributed by atoms with Gasteiger partial charge in [0.05, 0.1) is 12.6 Å². The summed E-state index contributed by atoms with van der Waals surface area (Å²) in [5, 5.41) is 3.10. The SMILES string of the molecule is CCOC(=O)C1=CC(NC)c2cc(I)ccc2C1=O. The van der Waals surface area contributed by atoms with E-state index in [1.165, 1.54) is 0 Å². The molecule has 1 aromatic rings. The molecule has 1 aromatic carbocycles. The molecule has 0 aromatic heterocycles. The van der Waals surface area contributed by atoms with Crippen LogP contribution in [0.25, 0.3) is 0 Å². The van der Waals surface area contributed by atoms with Crippen molar-refractivity contribution in [2.24, 2.45) is 0 Å². The second-order valence-electron chi connectivity index (χ2n) is 4.13. The summed E-state index contributed by atoms with van der Waals surface area (Å²) in [7, 11) is 1.80. The topological polar surface area (TPSA) is 55.4 Å². The smallest absolute Gasteiger partial charge is 0.341 e. The van der Waals surface area contributed by atoms with Crippen LogP contribution in [0.4, 0.5) is 0 Å². The van der Waals surface area contributed by atoms with Crippen molar-refractivity contribution >= 4 is 34.3 Å². The molecule has 4 nitrogen and oxygen atoms in total. The van der Waals surface area contributed by atoms with E-state index in [0.29, 0.717) is 5.56 Å². The van der Waals surface area contributed by atoms with E-state index in [2.05, 4.69) is 27.9 Å². The molecule has 19 heavy (non-hydrogen) atoms. The Balaban J connectivity index is 2.47. The fraction of sp³-hybridized carbons (Fsp3) is 0.286. The molecule has 1 N–H and O–H groups in total. The Kier molecular flexibility index (Phi) is 4.36. The maximum Gasteiger partial charge on any atom is 0.341 e. The average molecular weight is 371 g/mol. The van der Waals surface area contributed by atoms with Gasteiger partial charge in [0, 0.05) is 9.13 Å². The Bertz CT molecular complexity index is 566. The fourth-order valence-corrected chi connectivity index (χ4v) is 2.60. The largest absolute Gasteiger partial charge is 0.462 e. The van der Waals surface area contributed by atoms with Crippen LogP contribution in [0.3, 0.4) is 0 Å². The average Bonchev–Trinajstić information content (AvgIpc) is 2.39. The lowest BCUT2D eigenvalue weighted by Crippen LogP contribution is -2.27. The molecule has 100 valence electrons. The number of halogens is 1. The minimum absolute atomic E-state index is 0.106. The van der Waals surface area contributed by atoms with Crippen LogP contribution in [0.2, 0.25) is 0 Å². The molecule has 0 spiro atoms. The number of esters is 1. The van der Waals surface area contributed by atoms with Gasteiger partial charge in [-0.1, -0.05) is 0 Å². The summed E-state index contributed by atoms with van der Waals surface area (Å²) >= 11 is 2.20. The lowest BCUT2D eigenvalue weighted by atomic mass is 9.87. The predicted molar refractivity (Wildman–Crippen MR) is 80.0 cm³/mol. The number of hydrogen-bond donors (Lipinski definition) is 1. The summed E-state index contributed by atoms with van der Waals surface area (Å²) in [6, 6.07) is 5.42. The zero-order chi connectivity index (χ0) is 14.0. The fourth-order valence-electron chi connectivity index (χ4n) is 2.08. The molecule has 0 bridgehead atoms. The van der Waals surface area contributed by atoms with E-state index in [0.717, 1.165) is 9.13 Å². The van der Waals surface area contributed by atoms with E-state index in [4.69, 9.17) is 4.74 Å². The highest BCUT2D eigenvalue weighted by Crippen LogP contribution is 2.30. The van der Waals surface area contributed by atoms with Crippen molar-refractivity contribution in [3.05, 3.63) is 44.5 Å². The number of hydrogen-bond acceptors (Lipinski definition) is 4. The third-order valence-electron chi connectivity index (χ3n) is 2.98. The third-order valence-corrected chi connectivity index (χ3v) is 3.65. The number of carbonyl (C=O) groups excluding carboxylic acids is 2. The molecule has 2 rings (SSSR count). The standard InChI is InChI=1S/C14H14INO3/c1-3-19-14(18)11-7-12(16-2)10-6-8(15)4-5-9(10)13(11)17/h4-7,12,16H,3H2,1-2H3. The summed E-state index contributed by atoms with van der Waals surface area (Å²) in [6.07, 6.45) is 1.64. The number of carbonyl (C=O) groups is 2. The van der Waals surface area contributed by atoms with Gasteiger partial charge >= 0.3 is 5.97 Å². The van der Waals surface area contributed by atoms with Crippen LogP contribution in [0.1, 0.15) is 28.9 Å². The molecule has 5 heteroatoms. The number of Topliss-reactive ketones (excluding diaryl/α,β-unsaturated/α-hetero) is 1. The maximum absolute atomic E-state index is 12.3. The second-order valence-corrected chi connectivity index (χ2v) is 5.37. The van der Waals surface area contributed by atoms with E-state index in [-0.39, 0.29) is 24.0 Å². The number of likely N-dealkylation sites (N-methyl/N-ethyl adjacent to an activating group) is 1. The van der Waals surface area contributed by atoms with Crippen molar-refractivity contribution in [2.45, 2.75) is 13.0 Å². The summed E-state index contributed by atoms with van der Waals surface area (Å²) in [4.78, 5) is 24.1. The van der Waals surface area contributed by atoms with Gasteiger partial charge in [0.1, 0.15) is 5.57 Å². The van der Waals surface area contributed by atoms with E-state index < -0.39 is 5.97 Å². The molecule has 1 aliphatic rings. The Labute approximate surface area is 125 Å². The monoisotopic (exact) mass is 371 g/mol. The summed E-state index contributed by atoms with van der Waals surface area (Å²) < 4.78 is 5.98. The quantitative estimate of drug-likeness (QED) is 0.503. The number of nitrogens with one attached hydrogen (secondary N) is 1. The van der Waals surface area contributed by atoms with Gasteiger partial charge in [-0.25, -0.2) is 4.79 Å². The molecule has 1 atom stereocenters. The van der Waals surface area contributed by atoms with Crippen molar-refractivity contribution in [3.63, 3.8) is 0 Å². The zero-order valence-electron chi connectivity index (χ0n) is 10.7. The molecule has 0 amide bonds. The van der Waals surface area contributed by atoms with Crippen molar-refractivity contribution < 1.29 is 14.3 Å². The Morgan fingerprint density at radius 1 is 1.47 bits per heavy atom. The van der Waals surface area contributed by atoms with Crippen molar-refractivity contribution in [1.29, 1.82) is 0 Å². The Morgan fingerprint density at radius 2 is 2.21 bits per heavy atom. The first-order valence-electron chi connectivity index (χ1n) is 5.98. The zero-order valence-corrected chi connectivity index (χ0v) is 12.9. The van der Waals surface area contributed by atoms with E-state index in [1.54, 1.807) is 26.1 Å². The highest BCUT2D eigenvalue weighted by atomic mass is 127. The normalized spacial score (nSPS) is 17.7. The molecule has 0 aliphatic heterocycles. The van der Waals surface area contributed by atoms with Gasteiger partial charge in [0.25, 0.3) is 0 Å². The minimum atomic E-state index is -0.558. The van der Waals surface area contributed by atoms with Crippen LogP contribution in [0.15, 0.2) is 29.8 Å². The number of ether oxygens (including phenoxy) is 1. The second kappa shape index (κ2) is 5.83. The molecule has 1 aliphatic carbocycles. The van der Waals surface area contributed by atoms with Gasteiger partial charge in [-0.3, -0.25) is 4.79 Å². The first kappa shape index (κ1) is 14.2. The first-order valence-corrected chi connectivity index (χ1v) is 7.06.